The standard InChI is InChI=1S/C18H20O4S2/c1-16(15-24(21,22)18-12-6-3-7-13-18)9-8-14-23(19,20)17-10-4-2-5-11-17/h2-7,9-13H,8,14-15H2,1H3. The normalized spacial score (nSPS) is 13.0. The summed E-state index contributed by atoms with van der Waals surface area (Å²) in [5.41, 5.74) is 0.641. The van der Waals surface area contributed by atoms with Crippen molar-refractivity contribution >= 4 is 19.7 Å². The minimum atomic E-state index is -3.40. The number of allylic oxidation sites excluding steroid dienone is 1. The first-order chi connectivity index (χ1) is 11.3. The Labute approximate surface area is 143 Å². The second-order valence-corrected chi connectivity index (χ2v) is 9.64. The topological polar surface area (TPSA) is 68.3 Å². The summed E-state index contributed by atoms with van der Waals surface area (Å²) in [6.07, 6.45) is 1.97. The summed E-state index contributed by atoms with van der Waals surface area (Å²) in [5, 5.41) is 0. The van der Waals surface area contributed by atoms with Crippen molar-refractivity contribution in [3.63, 3.8) is 0 Å². The summed E-state index contributed by atoms with van der Waals surface area (Å²) < 4.78 is 48.9. The first-order valence-electron chi connectivity index (χ1n) is 7.52. The quantitative estimate of drug-likeness (QED) is 0.707. The molecule has 0 bridgehead atoms. The van der Waals surface area contributed by atoms with Crippen molar-refractivity contribution in [3.05, 3.63) is 72.3 Å². The molecule has 0 aliphatic heterocycles. The minimum absolute atomic E-state index is 0.0419. The second-order valence-electron chi connectivity index (χ2n) is 5.54. The average Bonchev–Trinajstić information content (AvgIpc) is 2.56. The molecular weight excluding hydrogens is 344 g/mol. The molecule has 0 aliphatic rings. The van der Waals surface area contributed by atoms with Crippen LogP contribution in [0.15, 0.2) is 82.1 Å². The third-order valence-electron chi connectivity index (χ3n) is 3.50. The predicted molar refractivity (Wildman–Crippen MR) is 95.4 cm³/mol. The molecule has 6 heteroatoms. The fourth-order valence-corrected chi connectivity index (χ4v) is 4.97. The van der Waals surface area contributed by atoms with E-state index in [2.05, 4.69) is 0 Å². The summed E-state index contributed by atoms with van der Waals surface area (Å²) in [4.78, 5) is 0.558. The van der Waals surface area contributed by atoms with Gasteiger partial charge in [-0.2, -0.15) is 0 Å². The lowest BCUT2D eigenvalue weighted by Crippen LogP contribution is -2.09. The molecule has 128 valence electrons. The fraction of sp³-hybridized carbons (Fsp3) is 0.222. The number of hydrogen-bond acceptors (Lipinski definition) is 4. The van der Waals surface area contributed by atoms with E-state index in [0.717, 1.165) is 0 Å². The molecule has 4 nitrogen and oxygen atoms in total. The van der Waals surface area contributed by atoms with Gasteiger partial charge < -0.3 is 0 Å². The van der Waals surface area contributed by atoms with Crippen molar-refractivity contribution in [1.82, 2.24) is 0 Å². The molecule has 0 heterocycles. The lowest BCUT2D eigenvalue weighted by molar-refractivity contribution is 0.595. The van der Waals surface area contributed by atoms with Gasteiger partial charge in [-0.05, 0) is 37.6 Å². The van der Waals surface area contributed by atoms with Crippen LogP contribution in [-0.2, 0) is 19.7 Å². The van der Waals surface area contributed by atoms with Crippen LogP contribution in [0.4, 0.5) is 0 Å². The van der Waals surface area contributed by atoms with E-state index in [9.17, 15) is 16.8 Å². The van der Waals surface area contributed by atoms with E-state index in [0.29, 0.717) is 5.57 Å². The molecule has 0 fully saturated rings. The molecule has 0 radical (unpaired) electrons. The third kappa shape index (κ3) is 5.04. The predicted octanol–water partition coefficient (Wildman–Crippen LogP) is 3.27. The highest BCUT2D eigenvalue weighted by atomic mass is 32.2. The second kappa shape index (κ2) is 7.77. The van der Waals surface area contributed by atoms with E-state index < -0.39 is 19.7 Å². The van der Waals surface area contributed by atoms with Gasteiger partial charge in [0, 0.05) is 0 Å². The van der Waals surface area contributed by atoms with E-state index in [1.54, 1.807) is 73.7 Å². The Bertz CT molecular complexity index is 898. The molecule has 0 amide bonds. The molecule has 2 aromatic carbocycles. The molecule has 0 N–H and O–H groups in total. The molecule has 0 saturated carbocycles. The van der Waals surface area contributed by atoms with E-state index in [4.69, 9.17) is 0 Å². The van der Waals surface area contributed by atoms with Crippen LogP contribution in [-0.4, -0.2) is 28.3 Å². The Morgan fingerprint density at radius 2 is 1.25 bits per heavy atom. The maximum Gasteiger partial charge on any atom is 0.182 e. The van der Waals surface area contributed by atoms with Gasteiger partial charge in [-0.3, -0.25) is 0 Å². The molecule has 0 saturated heterocycles. The highest BCUT2D eigenvalue weighted by Gasteiger charge is 2.15. The molecule has 24 heavy (non-hydrogen) atoms. The molecule has 0 unspecified atom stereocenters. The largest absolute Gasteiger partial charge is 0.224 e. The summed E-state index contributed by atoms with van der Waals surface area (Å²) in [7, 11) is -6.74. The average molecular weight is 364 g/mol. The molecular formula is C18H20O4S2. The van der Waals surface area contributed by atoms with Crippen LogP contribution in [0.5, 0.6) is 0 Å². The summed E-state index contributed by atoms with van der Waals surface area (Å²) in [6.45, 7) is 1.70. The molecule has 2 rings (SSSR count). The third-order valence-corrected chi connectivity index (χ3v) is 7.09. The lowest BCUT2D eigenvalue weighted by Gasteiger charge is -2.06. The summed E-state index contributed by atoms with van der Waals surface area (Å²) in [6, 6.07) is 16.5. The highest BCUT2D eigenvalue weighted by molar-refractivity contribution is 7.91. The maximum absolute atomic E-state index is 12.3. The smallest absolute Gasteiger partial charge is 0.182 e. The van der Waals surface area contributed by atoms with Crippen LogP contribution in [0.25, 0.3) is 0 Å². The van der Waals surface area contributed by atoms with Gasteiger partial charge in [0.1, 0.15) is 0 Å². The monoisotopic (exact) mass is 364 g/mol. The van der Waals surface area contributed by atoms with Crippen LogP contribution in [0.3, 0.4) is 0 Å². The van der Waals surface area contributed by atoms with E-state index in [1.165, 1.54) is 0 Å². The highest BCUT2D eigenvalue weighted by Crippen LogP contribution is 2.15. The van der Waals surface area contributed by atoms with Gasteiger partial charge in [0.05, 0.1) is 21.3 Å². The number of benzene rings is 2. The van der Waals surface area contributed by atoms with Gasteiger partial charge >= 0.3 is 0 Å². The van der Waals surface area contributed by atoms with Crippen molar-refractivity contribution in [1.29, 1.82) is 0 Å². The Hall–Kier alpha value is -1.92. The van der Waals surface area contributed by atoms with Crippen molar-refractivity contribution in [2.75, 3.05) is 11.5 Å². The maximum atomic E-state index is 12.3. The Balaban J connectivity index is 2.00. The number of hydrogen-bond donors (Lipinski definition) is 0. The number of rotatable bonds is 7. The van der Waals surface area contributed by atoms with Gasteiger partial charge in [0.2, 0.25) is 0 Å². The zero-order valence-corrected chi connectivity index (χ0v) is 15.1. The van der Waals surface area contributed by atoms with Crippen molar-refractivity contribution in [3.8, 4) is 0 Å². The van der Waals surface area contributed by atoms with Crippen molar-refractivity contribution < 1.29 is 16.8 Å². The van der Waals surface area contributed by atoms with Gasteiger partial charge in [0.15, 0.2) is 19.7 Å². The lowest BCUT2D eigenvalue weighted by atomic mass is 10.3. The Kier molecular flexibility index (Phi) is 5.96. The van der Waals surface area contributed by atoms with Crippen LogP contribution in [0.1, 0.15) is 13.3 Å². The van der Waals surface area contributed by atoms with Gasteiger partial charge in [-0.15, -0.1) is 0 Å². The van der Waals surface area contributed by atoms with Crippen LogP contribution < -0.4 is 0 Å². The van der Waals surface area contributed by atoms with E-state index in [1.807, 2.05) is 0 Å². The SMILES string of the molecule is CC(=CCCS(=O)(=O)c1ccccc1)CS(=O)(=O)c1ccccc1. The van der Waals surface area contributed by atoms with Crippen molar-refractivity contribution in [2.24, 2.45) is 0 Å². The van der Waals surface area contributed by atoms with Crippen LogP contribution >= 0.6 is 0 Å². The summed E-state index contributed by atoms with van der Waals surface area (Å²) in [5.74, 6) is -0.151. The Morgan fingerprint density at radius 1 is 0.792 bits per heavy atom. The molecule has 0 atom stereocenters. The Morgan fingerprint density at radius 3 is 1.75 bits per heavy atom. The van der Waals surface area contributed by atoms with Gasteiger partial charge in [-0.25, -0.2) is 16.8 Å². The van der Waals surface area contributed by atoms with Gasteiger partial charge in [0.25, 0.3) is 0 Å². The van der Waals surface area contributed by atoms with Gasteiger partial charge in [-0.1, -0.05) is 48.0 Å². The minimum Gasteiger partial charge on any atom is -0.224 e. The van der Waals surface area contributed by atoms with Crippen LogP contribution in [0, 0.1) is 0 Å². The zero-order chi connectivity index (χ0) is 17.6. The molecule has 0 spiro atoms. The van der Waals surface area contributed by atoms with E-state index in [-0.39, 0.29) is 27.7 Å². The molecule has 0 aromatic heterocycles. The first kappa shape index (κ1) is 18.4. The van der Waals surface area contributed by atoms with Crippen molar-refractivity contribution in [2.45, 2.75) is 23.1 Å². The zero-order valence-electron chi connectivity index (χ0n) is 13.4. The molecule has 0 aliphatic carbocycles. The summed E-state index contributed by atoms with van der Waals surface area (Å²) >= 11 is 0. The first-order valence-corrected chi connectivity index (χ1v) is 10.8. The van der Waals surface area contributed by atoms with Crippen LogP contribution in [0.2, 0.25) is 0 Å². The van der Waals surface area contributed by atoms with E-state index >= 15 is 0 Å². The number of sulfone groups is 2. The fourth-order valence-electron chi connectivity index (χ4n) is 2.28. The molecule has 2 aromatic rings.